The molecule has 0 aromatic rings. The van der Waals surface area contributed by atoms with Gasteiger partial charge in [0.05, 0.1) is 0 Å². The molecular weight excluding hydrogens is 254 g/mol. The maximum atomic E-state index is 4.16. The van der Waals surface area contributed by atoms with Crippen LogP contribution in [-0.4, -0.2) is 12.1 Å². The lowest BCUT2D eigenvalue weighted by Crippen LogP contribution is -2.52. The van der Waals surface area contributed by atoms with Crippen LogP contribution in [0.4, 0.5) is 0 Å². The smallest absolute Gasteiger partial charge is 0.0131 e. The molecule has 0 aliphatic heterocycles. The molecule has 0 aromatic carbocycles. The summed E-state index contributed by atoms with van der Waals surface area (Å²) in [5, 5.41) is 4.16. The van der Waals surface area contributed by atoms with Crippen molar-refractivity contribution in [1.82, 2.24) is 5.32 Å². The molecule has 3 fully saturated rings. The third-order valence-corrected chi connectivity index (χ3v) is 7.79. The normalized spacial score (nSPS) is 44.1. The van der Waals surface area contributed by atoms with Gasteiger partial charge in [-0.2, -0.15) is 0 Å². The first-order valence-corrected chi connectivity index (χ1v) is 9.21. The van der Waals surface area contributed by atoms with E-state index in [1.54, 1.807) is 0 Å². The van der Waals surface area contributed by atoms with Crippen molar-refractivity contribution in [3.63, 3.8) is 0 Å². The minimum atomic E-state index is 0.494. The number of fused-ring (bicyclic) bond motifs is 2. The van der Waals surface area contributed by atoms with E-state index in [1.165, 1.54) is 38.5 Å². The molecule has 3 atom stereocenters. The molecular formula is C20H37N. The summed E-state index contributed by atoms with van der Waals surface area (Å²) in [6, 6.07) is 1.47. The molecule has 3 aliphatic rings. The van der Waals surface area contributed by atoms with E-state index in [1.807, 2.05) is 0 Å². The zero-order valence-electron chi connectivity index (χ0n) is 15.5. The van der Waals surface area contributed by atoms with Crippen LogP contribution >= 0.6 is 0 Å². The summed E-state index contributed by atoms with van der Waals surface area (Å²) in [6.45, 7) is 17.5. The fraction of sp³-hybridized carbons (Fsp3) is 1.00. The number of hydrogen-bond acceptors (Lipinski definition) is 1. The van der Waals surface area contributed by atoms with Gasteiger partial charge in [0.25, 0.3) is 0 Å². The van der Waals surface area contributed by atoms with Crippen molar-refractivity contribution in [3.8, 4) is 0 Å². The van der Waals surface area contributed by atoms with Crippen LogP contribution < -0.4 is 5.32 Å². The van der Waals surface area contributed by atoms with Crippen LogP contribution in [0.5, 0.6) is 0 Å². The highest BCUT2D eigenvalue weighted by atomic mass is 15.0. The molecule has 3 saturated carbocycles. The minimum Gasteiger partial charge on any atom is -0.311 e. The molecule has 0 heterocycles. The zero-order chi connectivity index (χ0) is 15.7. The van der Waals surface area contributed by atoms with Gasteiger partial charge in [-0.3, -0.25) is 0 Å². The van der Waals surface area contributed by atoms with Gasteiger partial charge >= 0.3 is 0 Å². The Bertz CT molecular complexity index is 404. The van der Waals surface area contributed by atoms with Crippen LogP contribution in [-0.2, 0) is 0 Å². The number of rotatable bonds is 2. The first kappa shape index (κ1) is 15.8. The average Bonchev–Trinajstić information content (AvgIpc) is 2.57. The topological polar surface area (TPSA) is 12.0 Å². The first-order valence-electron chi connectivity index (χ1n) is 9.21. The molecule has 2 bridgehead atoms. The van der Waals surface area contributed by atoms with E-state index in [0.29, 0.717) is 21.7 Å². The second kappa shape index (κ2) is 4.49. The van der Waals surface area contributed by atoms with Gasteiger partial charge in [0.2, 0.25) is 0 Å². The quantitative estimate of drug-likeness (QED) is 0.718. The predicted molar refractivity (Wildman–Crippen MR) is 91.4 cm³/mol. The Balaban J connectivity index is 1.73. The summed E-state index contributed by atoms with van der Waals surface area (Å²) in [7, 11) is 0. The number of nitrogens with one attached hydrogen (secondary N) is 1. The molecule has 3 unspecified atom stereocenters. The van der Waals surface area contributed by atoms with Crippen LogP contribution in [0.25, 0.3) is 0 Å². The van der Waals surface area contributed by atoms with E-state index in [0.717, 1.165) is 18.0 Å². The van der Waals surface area contributed by atoms with Gasteiger partial charge in [-0.15, -0.1) is 0 Å². The van der Waals surface area contributed by atoms with Crippen LogP contribution in [0.15, 0.2) is 0 Å². The zero-order valence-corrected chi connectivity index (χ0v) is 15.5. The van der Waals surface area contributed by atoms with Crippen molar-refractivity contribution < 1.29 is 0 Å². The van der Waals surface area contributed by atoms with E-state index in [4.69, 9.17) is 0 Å². The Morgan fingerprint density at radius 1 is 0.857 bits per heavy atom. The SMILES string of the molecule is CC1(C)CC(NC2CC3CCC2(C)C3(C)C)CC(C)(C)C1. The molecule has 1 N–H and O–H groups in total. The lowest BCUT2D eigenvalue weighted by Gasteiger charge is -2.48. The lowest BCUT2D eigenvalue weighted by atomic mass is 9.63. The molecule has 0 spiro atoms. The second-order valence-corrected chi connectivity index (χ2v) is 10.9. The molecule has 0 radical (unpaired) electrons. The Kier molecular flexibility index (Phi) is 3.39. The van der Waals surface area contributed by atoms with Gasteiger partial charge in [0.15, 0.2) is 0 Å². The first-order chi connectivity index (χ1) is 9.45. The third kappa shape index (κ3) is 2.48. The average molecular weight is 292 g/mol. The van der Waals surface area contributed by atoms with Crippen molar-refractivity contribution in [2.24, 2.45) is 27.6 Å². The largest absolute Gasteiger partial charge is 0.311 e. The van der Waals surface area contributed by atoms with Crippen LogP contribution in [0.3, 0.4) is 0 Å². The fourth-order valence-corrected chi connectivity index (χ4v) is 6.70. The second-order valence-electron chi connectivity index (χ2n) is 10.9. The van der Waals surface area contributed by atoms with Crippen LogP contribution in [0.1, 0.15) is 87.0 Å². The van der Waals surface area contributed by atoms with Gasteiger partial charge < -0.3 is 5.32 Å². The highest BCUT2D eigenvalue weighted by molar-refractivity contribution is 5.13. The van der Waals surface area contributed by atoms with Crippen molar-refractivity contribution >= 4 is 0 Å². The monoisotopic (exact) mass is 291 g/mol. The molecule has 1 nitrogen and oxygen atoms in total. The van der Waals surface area contributed by atoms with E-state index < -0.39 is 0 Å². The fourth-order valence-electron chi connectivity index (χ4n) is 6.70. The van der Waals surface area contributed by atoms with Gasteiger partial charge in [-0.25, -0.2) is 0 Å². The Morgan fingerprint density at radius 2 is 1.43 bits per heavy atom. The van der Waals surface area contributed by atoms with Crippen LogP contribution in [0.2, 0.25) is 0 Å². The maximum absolute atomic E-state index is 4.16. The highest BCUT2D eigenvalue weighted by Crippen LogP contribution is 2.65. The number of hydrogen-bond donors (Lipinski definition) is 1. The summed E-state index contributed by atoms with van der Waals surface area (Å²) < 4.78 is 0. The summed E-state index contributed by atoms with van der Waals surface area (Å²) in [6.07, 6.45) is 8.39. The Morgan fingerprint density at radius 3 is 1.86 bits per heavy atom. The molecule has 122 valence electrons. The predicted octanol–water partition coefficient (Wildman–Crippen LogP) is 5.40. The molecule has 0 aromatic heterocycles. The van der Waals surface area contributed by atoms with Gasteiger partial charge in [-0.1, -0.05) is 48.5 Å². The highest BCUT2D eigenvalue weighted by Gasteiger charge is 2.61. The summed E-state index contributed by atoms with van der Waals surface area (Å²) in [5.74, 6) is 0.949. The molecule has 0 amide bonds. The molecule has 0 saturated heterocycles. The lowest BCUT2D eigenvalue weighted by molar-refractivity contribution is 0.0575. The standard InChI is InChI=1S/C20H37N/c1-17(2)11-15(12-18(3,4)13-17)21-16-10-14-8-9-20(16,7)19(14,5)6/h14-16,21H,8-13H2,1-7H3. The minimum absolute atomic E-state index is 0.494. The van der Waals surface area contributed by atoms with Crippen molar-refractivity contribution in [1.29, 1.82) is 0 Å². The van der Waals surface area contributed by atoms with Crippen LogP contribution in [0, 0.1) is 27.6 Å². The van der Waals surface area contributed by atoms with Crippen molar-refractivity contribution in [3.05, 3.63) is 0 Å². The molecule has 3 aliphatic carbocycles. The van der Waals surface area contributed by atoms with E-state index in [2.05, 4.69) is 53.8 Å². The molecule has 21 heavy (non-hydrogen) atoms. The molecule has 1 heteroatoms. The van der Waals surface area contributed by atoms with E-state index >= 15 is 0 Å². The van der Waals surface area contributed by atoms with Crippen molar-refractivity contribution in [2.45, 2.75) is 99.1 Å². The summed E-state index contributed by atoms with van der Waals surface area (Å²) >= 11 is 0. The molecule has 3 rings (SSSR count). The van der Waals surface area contributed by atoms with Gasteiger partial charge in [0, 0.05) is 12.1 Å². The maximum Gasteiger partial charge on any atom is 0.0131 e. The van der Waals surface area contributed by atoms with E-state index in [-0.39, 0.29) is 0 Å². The third-order valence-electron chi connectivity index (χ3n) is 7.79. The van der Waals surface area contributed by atoms with Crippen molar-refractivity contribution in [2.75, 3.05) is 0 Å². The van der Waals surface area contributed by atoms with Gasteiger partial charge in [-0.05, 0) is 66.1 Å². The van der Waals surface area contributed by atoms with E-state index in [9.17, 15) is 0 Å². The Hall–Kier alpha value is -0.0400. The Labute approximate surface area is 132 Å². The summed E-state index contributed by atoms with van der Waals surface area (Å²) in [5.41, 5.74) is 2.04. The van der Waals surface area contributed by atoms with Gasteiger partial charge in [0.1, 0.15) is 0 Å². The summed E-state index contributed by atoms with van der Waals surface area (Å²) in [4.78, 5) is 0.